The largest absolute Gasteiger partial charge is 0.469 e. The first kappa shape index (κ1) is 66.8. The molecule has 0 saturated heterocycles. The molecule has 0 bridgehead atoms. The predicted molar refractivity (Wildman–Crippen MR) is 286 cm³/mol. The molecule has 1 heterocycles. The third-order valence-corrected chi connectivity index (χ3v) is 11.3. The van der Waals surface area contributed by atoms with E-state index in [2.05, 4.69) is 31.9 Å². The minimum atomic E-state index is -1.64. The first-order valence-electron chi connectivity index (χ1n) is 26.1. The van der Waals surface area contributed by atoms with Crippen LogP contribution in [0.2, 0.25) is 0 Å². The molecular weight excluding hydrogens is 997 g/mol. The van der Waals surface area contributed by atoms with Crippen molar-refractivity contribution in [3.8, 4) is 0 Å². The van der Waals surface area contributed by atoms with Gasteiger partial charge in [0.05, 0.1) is 25.1 Å². The zero-order valence-corrected chi connectivity index (χ0v) is 48.4. The second kappa shape index (κ2) is 30.0. The van der Waals surface area contributed by atoms with Crippen LogP contribution in [-0.4, -0.2) is 127 Å². The molecule has 21 heteroatoms. The lowest BCUT2D eigenvalue weighted by atomic mass is 9.85. The summed E-state index contributed by atoms with van der Waals surface area (Å²) in [6, 6.07) is 2.79. The Balaban J connectivity index is 2.61. The fraction of sp³-hybridized carbons (Fsp3) is 0.661. The number of benzene rings is 1. The summed E-state index contributed by atoms with van der Waals surface area (Å²) >= 11 is 0. The Bertz CT molecular complexity index is 2280. The molecule has 1 aromatic carbocycles. The lowest BCUT2D eigenvalue weighted by Crippen LogP contribution is -2.62. The van der Waals surface area contributed by atoms with E-state index in [0.29, 0.717) is 11.3 Å². The average Bonchev–Trinajstić information content (AvgIpc) is 3.80. The molecule has 6 amide bonds. The van der Waals surface area contributed by atoms with Gasteiger partial charge in [-0.1, -0.05) is 58.9 Å². The fourth-order valence-electron chi connectivity index (χ4n) is 7.82. The van der Waals surface area contributed by atoms with E-state index >= 15 is 0 Å². The van der Waals surface area contributed by atoms with Gasteiger partial charge in [-0.25, -0.2) is 0 Å². The van der Waals surface area contributed by atoms with Crippen molar-refractivity contribution >= 4 is 53.4 Å². The summed E-state index contributed by atoms with van der Waals surface area (Å²) in [5.41, 5.74) is -2.30. The molecule has 2 aromatic rings. The quantitative estimate of drug-likeness (QED) is 0.0373. The van der Waals surface area contributed by atoms with Crippen molar-refractivity contribution in [1.29, 1.82) is 0 Å². The molecule has 0 radical (unpaired) electrons. The van der Waals surface area contributed by atoms with Crippen LogP contribution in [-0.2, 0) is 79.7 Å². The summed E-state index contributed by atoms with van der Waals surface area (Å²) in [6.45, 7) is 25.5. The van der Waals surface area contributed by atoms with Crippen LogP contribution in [0.3, 0.4) is 0 Å². The molecule has 0 aliphatic rings. The molecule has 0 aliphatic carbocycles. The number of hydrogen-bond acceptors (Lipinski definition) is 15. The van der Waals surface area contributed by atoms with Gasteiger partial charge in [-0.3, -0.25) is 43.2 Å². The van der Waals surface area contributed by atoms with E-state index in [-0.39, 0.29) is 38.0 Å². The van der Waals surface area contributed by atoms with E-state index in [1.54, 1.807) is 113 Å². The van der Waals surface area contributed by atoms with Crippen LogP contribution in [0.5, 0.6) is 0 Å². The Labute approximate surface area is 454 Å². The maximum atomic E-state index is 14.8. The van der Waals surface area contributed by atoms with E-state index in [1.165, 1.54) is 20.5 Å². The standard InChI is InChI=1S/C56H88N6O15/c1-33(2)29-38(48(68)61-41(52(72-16)73-17)31-36-23-20-28-74-36)60-51(71)46(53(4,5)6)62-50(70)39(30-35-22-19-18-21-34(35)3)59-47(67)37(24-26-43(64)75-54(7,8)9)58-49(69)40(32-45(66)77-56(13,14)15)57-42(63)25-27-44(65)76-55(10,11)12/h18-23,28,33,37-41,46,52H,24-27,29-32H2,1-17H3,(H,57,63)(H,58,69)(H,59,67)(H,60,71)(H,61,68)(H,62,70)/t37-,38-,39-,40-,41-,46+/m0/s1. The lowest BCUT2D eigenvalue weighted by Gasteiger charge is -2.34. The van der Waals surface area contributed by atoms with Gasteiger partial charge >= 0.3 is 17.9 Å². The number of esters is 3. The number of carbonyl (C=O) groups excluding carboxylic acids is 9. The minimum Gasteiger partial charge on any atom is -0.469 e. The van der Waals surface area contributed by atoms with Gasteiger partial charge in [0.15, 0.2) is 6.29 Å². The van der Waals surface area contributed by atoms with Gasteiger partial charge in [0.25, 0.3) is 0 Å². The maximum absolute atomic E-state index is 14.8. The summed E-state index contributed by atoms with van der Waals surface area (Å²) in [4.78, 5) is 124. The Hall–Kier alpha value is -6.35. The topological polar surface area (TPSA) is 285 Å². The van der Waals surface area contributed by atoms with Crippen LogP contribution in [0.15, 0.2) is 47.1 Å². The van der Waals surface area contributed by atoms with E-state index < -0.39 is 137 Å². The summed E-state index contributed by atoms with van der Waals surface area (Å²) in [6.07, 6.45) is -1.31. The third-order valence-electron chi connectivity index (χ3n) is 11.3. The van der Waals surface area contributed by atoms with Crippen molar-refractivity contribution in [1.82, 2.24) is 31.9 Å². The minimum absolute atomic E-state index is 0.0802. The molecule has 21 nitrogen and oxygen atoms in total. The van der Waals surface area contributed by atoms with Crippen LogP contribution in [0, 0.1) is 18.3 Å². The average molecular weight is 1090 g/mol. The molecule has 0 fully saturated rings. The number of carbonyl (C=O) groups is 9. The second-order valence-corrected chi connectivity index (χ2v) is 23.6. The number of ether oxygens (including phenoxy) is 5. The normalized spacial score (nSPS) is 14.4. The molecule has 77 heavy (non-hydrogen) atoms. The van der Waals surface area contributed by atoms with Crippen LogP contribution in [0.1, 0.15) is 152 Å². The third kappa shape index (κ3) is 26.0. The Morgan fingerprint density at radius 1 is 0.532 bits per heavy atom. The number of hydrogen-bond donors (Lipinski definition) is 6. The zero-order chi connectivity index (χ0) is 58.6. The van der Waals surface area contributed by atoms with Gasteiger partial charge in [0.1, 0.15) is 52.8 Å². The highest BCUT2D eigenvalue weighted by atomic mass is 16.7. The molecule has 6 atom stereocenters. The number of amides is 6. The van der Waals surface area contributed by atoms with Gasteiger partial charge in [-0.2, -0.15) is 0 Å². The summed E-state index contributed by atoms with van der Waals surface area (Å²) < 4.78 is 32.8. The van der Waals surface area contributed by atoms with Gasteiger partial charge in [-0.15, -0.1) is 0 Å². The maximum Gasteiger partial charge on any atom is 0.308 e. The molecule has 0 unspecified atom stereocenters. The van der Waals surface area contributed by atoms with Gasteiger partial charge < -0.3 is 60.0 Å². The van der Waals surface area contributed by atoms with Gasteiger partial charge in [0.2, 0.25) is 35.4 Å². The number of rotatable bonds is 28. The van der Waals surface area contributed by atoms with Gasteiger partial charge in [0, 0.05) is 39.9 Å². The number of furan rings is 1. The molecular formula is C56H88N6O15. The van der Waals surface area contributed by atoms with Crippen molar-refractivity contribution in [2.24, 2.45) is 11.3 Å². The highest BCUT2D eigenvalue weighted by molar-refractivity contribution is 5.98. The van der Waals surface area contributed by atoms with E-state index in [1.807, 2.05) is 26.8 Å². The number of aryl methyl sites for hydroxylation is 1. The van der Waals surface area contributed by atoms with Crippen LogP contribution >= 0.6 is 0 Å². The highest BCUT2D eigenvalue weighted by Gasteiger charge is 2.39. The molecule has 432 valence electrons. The molecule has 0 saturated carbocycles. The van der Waals surface area contributed by atoms with E-state index in [0.717, 1.165) is 5.56 Å². The van der Waals surface area contributed by atoms with Crippen LogP contribution in [0.25, 0.3) is 0 Å². The van der Waals surface area contributed by atoms with Crippen molar-refractivity contribution in [3.63, 3.8) is 0 Å². The predicted octanol–water partition coefficient (Wildman–Crippen LogP) is 4.97. The van der Waals surface area contributed by atoms with Crippen molar-refractivity contribution < 1.29 is 71.3 Å². The lowest BCUT2D eigenvalue weighted by molar-refractivity contribution is -0.158. The van der Waals surface area contributed by atoms with E-state index in [9.17, 15) is 43.2 Å². The van der Waals surface area contributed by atoms with Crippen molar-refractivity contribution in [2.45, 2.75) is 215 Å². The van der Waals surface area contributed by atoms with E-state index in [4.69, 9.17) is 28.1 Å². The summed E-state index contributed by atoms with van der Waals surface area (Å²) in [5, 5.41) is 16.4. The van der Waals surface area contributed by atoms with Crippen molar-refractivity contribution in [2.75, 3.05) is 14.2 Å². The molecule has 0 spiro atoms. The number of methoxy groups -OCH3 is 2. The molecule has 0 aliphatic heterocycles. The monoisotopic (exact) mass is 1080 g/mol. The Morgan fingerprint density at radius 2 is 1.04 bits per heavy atom. The fourth-order valence-corrected chi connectivity index (χ4v) is 7.82. The summed E-state index contributed by atoms with van der Waals surface area (Å²) in [7, 11) is 2.86. The van der Waals surface area contributed by atoms with Gasteiger partial charge in [-0.05, 0) is 117 Å². The second-order valence-electron chi connectivity index (χ2n) is 23.6. The van der Waals surface area contributed by atoms with Crippen LogP contribution < -0.4 is 31.9 Å². The Kier molecular flexibility index (Phi) is 26.0. The summed E-state index contributed by atoms with van der Waals surface area (Å²) in [5.74, 6) is -6.59. The number of nitrogens with one attached hydrogen (secondary N) is 6. The van der Waals surface area contributed by atoms with Crippen LogP contribution in [0.4, 0.5) is 0 Å². The van der Waals surface area contributed by atoms with Crippen molar-refractivity contribution in [3.05, 3.63) is 59.5 Å². The Morgan fingerprint density at radius 3 is 1.56 bits per heavy atom. The SMILES string of the molecule is COC(OC)[C@H](Cc1ccco1)NC(=O)[C@H](CC(C)C)NC(=O)[C@@H](NC(=O)[C@H](Cc1ccccc1C)NC(=O)[C@H](CCC(=O)OC(C)(C)C)NC(=O)[C@H](CC(=O)OC(C)(C)C)NC(=O)CCC(=O)OC(C)(C)C)C(C)(C)C. The molecule has 2 rings (SSSR count). The highest BCUT2D eigenvalue weighted by Crippen LogP contribution is 2.22. The smallest absolute Gasteiger partial charge is 0.308 e. The first-order chi connectivity index (χ1) is 35.5. The first-order valence-corrected chi connectivity index (χ1v) is 26.1. The molecule has 1 aromatic heterocycles. The zero-order valence-electron chi connectivity index (χ0n) is 48.4. The molecule has 6 N–H and O–H groups in total.